The van der Waals surface area contributed by atoms with Gasteiger partial charge in [-0.1, -0.05) is 84.6 Å². The second kappa shape index (κ2) is 9.66. The Bertz CT molecular complexity index is 1230. The van der Waals surface area contributed by atoms with Gasteiger partial charge in [-0.15, -0.1) is 0 Å². The van der Waals surface area contributed by atoms with E-state index in [1.165, 1.54) is 0 Å². The maximum atomic E-state index is 10.9. The molecule has 4 aromatic carbocycles. The van der Waals surface area contributed by atoms with Gasteiger partial charge in [0.05, 0.1) is 11.4 Å². The minimum atomic E-state index is 0.574. The highest BCUT2D eigenvalue weighted by atomic mass is 32.2. The molecule has 0 atom stereocenters. The standard InChI is InChI=1S/C26H16N2O2S/c29-17-27-23-13-5-1-9-19(23)21-11-3-7-15-25(21)31-26-16-8-4-12-22(26)20-10-2-6-14-24(20)28-18-30/h1-16H. The monoisotopic (exact) mass is 420 g/mol. The van der Waals surface area contributed by atoms with Crippen molar-refractivity contribution < 1.29 is 9.59 Å². The van der Waals surface area contributed by atoms with Gasteiger partial charge in [-0.3, -0.25) is 0 Å². The molecule has 148 valence electrons. The fraction of sp³-hybridized carbons (Fsp3) is 0. The lowest BCUT2D eigenvalue weighted by Gasteiger charge is -2.14. The zero-order valence-corrected chi connectivity index (χ0v) is 17.2. The number of isocyanates is 2. The zero-order chi connectivity index (χ0) is 21.5. The molecule has 4 rings (SSSR count). The molecule has 4 aromatic rings. The van der Waals surface area contributed by atoms with E-state index in [-0.39, 0.29) is 0 Å². The summed E-state index contributed by atoms with van der Waals surface area (Å²) in [5.41, 5.74) is 4.80. The third-order valence-corrected chi connectivity index (χ3v) is 5.87. The van der Waals surface area contributed by atoms with Gasteiger partial charge in [0.2, 0.25) is 12.2 Å². The van der Waals surface area contributed by atoms with Gasteiger partial charge in [0, 0.05) is 20.9 Å². The van der Waals surface area contributed by atoms with Crippen molar-refractivity contribution in [3.05, 3.63) is 97.1 Å². The van der Waals surface area contributed by atoms with Gasteiger partial charge >= 0.3 is 0 Å². The van der Waals surface area contributed by atoms with Gasteiger partial charge in [0.25, 0.3) is 0 Å². The van der Waals surface area contributed by atoms with Gasteiger partial charge < -0.3 is 0 Å². The number of carbonyl (C=O) groups excluding carboxylic acids is 2. The van der Waals surface area contributed by atoms with Crippen molar-refractivity contribution in [1.29, 1.82) is 0 Å². The first-order valence-corrected chi connectivity index (χ1v) is 10.3. The molecule has 0 fully saturated rings. The fourth-order valence-electron chi connectivity index (χ4n) is 3.37. The molecular formula is C26H16N2O2S. The molecule has 0 aliphatic carbocycles. The average molecular weight is 420 g/mol. The van der Waals surface area contributed by atoms with Crippen molar-refractivity contribution in [2.24, 2.45) is 9.98 Å². The van der Waals surface area contributed by atoms with E-state index in [2.05, 4.69) is 9.98 Å². The van der Waals surface area contributed by atoms with E-state index in [4.69, 9.17) is 0 Å². The van der Waals surface area contributed by atoms with Gasteiger partial charge in [0.15, 0.2) is 0 Å². The molecule has 0 bridgehead atoms. The third kappa shape index (κ3) is 4.45. The number of hydrogen-bond donors (Lipinski definition) is 0. The number of para-hydroxylation sites is 2. The van der Waals surface area contributed by atoms with Crippen LogP contribution in [0.3, 0.4) is 0 Å². The third-order valence-electron chi connectivity index (χ3n) is 4.71. The second-order valence-corrected chi connectivity index (χ2v) is 7.62. The Kier molecular flexibility index (Phi) is 6.32. The molecule has 0 aliphatic heterocycles. The SMILES string of the molecule is O=C=Nc1ccccc1-c1ccccc1Sc1ccccc1-c1ccccc1N=C=O. The molecule has 4 nitrogen and oxygen atoms in total. The van der Waals surface area contributed by atoms with E-state index >= 15 is 0 Å². The number of nitrogens with zero attached hydrogens (tertiary/aromatic N) is 2. The highest BCUT2D eigenvalue weighted by Crippen LogP contribution is 2.43. The van der Waals surface area contributed by atoms with Crippen molar-refractivity contribution in [3.8, 4) is 22.3 Å². The molecule has 0 radical (unpaired) electrons. The van der Waals surface area contributed by atoms with Crippen molar-refractivity contribution in [2.45, 2.75) is 9.79 Å². The molecule has 0 N–H and O–H groups in total. The molecule has 0 amide bonds. The quantitative estimate of drug-likeness (QED) is 0.247. The van der Waals surface area contributed by atoms with Crippen LogP contribution in [-0.2, 0) is 9.59 Å². The van der Waals surface area contributed by atoms with E-state index in [1.54, 1.807) is 36.1 Å². The Balaban J connectivity index is 1.83. The predicted octanol–water partition coefficient (Wildman–Crippen LogP) is 7.11. The van der Waals surface area contributed by atoms with E-state index in [0.29, 0.717) is 11.4 Å². The maximum Gasteiger partial charge on any atom is 0.240 e. The topological polar surface area (TPSA) is 58.9 Å². The molecule has 0 aromatic heterocycles. The highest BCUT2D eigenvalue weighted by Gasteiger charge is 2.14. The zero-order valence-electron chi connectivity index (χ0n) is 16.4. The van der Waals surface area contributed by atoms with Crippen LogP contribution in [0, 0.1) is 0 Å². The lowest BCUT2D eigenvalue weighted by Crippen LogP contribution is -1.86. The van der Waals surface area contributed by atoms with Crippen molar-refractivity contribution in [1.82, 2.24) is 0 Å². The van der Waals surface area contributed by atoms with E-state index < -0.39 is 0 Å². The Morgan fingerprint density at radius 3 is 1.26 bits per heavy atom. The molecule has 31 heavy (non-hydrogen) atoms. The van der Waals surface area contributed by atoms with Crippen LogP contribution in [0.5, 0.6) is 0 Å². The Morgan fingerprint density at radius 2 is 0.839 bits per heavy atom. The molecule has 0 saturated heterocycles. The van der Waals surface area contributed by atoms with Crippen LogP contribution in [-0.4, -0.2) is 12.2 Å². The molecule has 0 saturated carbocycles. The minimum Gasteiger partial charge on any atom is -0.211 e. The normalized spacial score (nSPS) is 10.1. The lowest BCUT2D eigenvalue weighted by molar-refractivity contribution is 0.564. The summed E-state index contributed by atoms with van der Waals surface area (Å²) in [6, 6.07) is 31.0. The number of aliphatic imine (C=N–C) groups is 2. The fourth-order valence-corrected chi connectivity index (χ4v) is 4.48. The van der Waals surface area contributed by atoms with Crippen molar-refractivity contribution >= 4 is 35.3 Å². The second-order valence-electron chi connectivity index (χ2n) is 6.53. The summed E-state index contributed by atoms with van der Waals surface area (Å²) in [5.74, 6) is 0. The van der Waals surface area contributed by atoms with Crippen molar-refractivity contribution in [2.75, 3.05) is 0 Å². The van der Waals surface area contributed by atoms with E-state index in [1.807, 2.05) is 84.9 Å². The van der Waals surface area contributed by atoms with Crippen LogP contribution in [0.4, 0.5) is 11.4 Å². The summed E-state index contributed by atoms with van der Waals surface area (Å²) in [7, 11) is 0. The van der Waals surface area contributed by atoms with Gasteiger partial charge in [-0.25, -0.2) is 9.59 Å². The molecule has 0 spiro atoms. The molecule has 0 unspecified atom stereocenters. The van der Waals surface area contributed by atoms with E-state index in [0.717, 1.165) is 32.0 Å². The average Bonchev–Trinajstić information content (AvgIpc) is 2.81. The smallest absolute Gasteiger partial charge is 0.211 e. The Morgan fingerprint density at radius 1 is 0.484 bits per heavy atom. The van der Waals surface area contributed by atoms with Gasteiger partial charge in [0.1, 0.15) is 0 Å². The first kappa shape index (κ1) is 20.3. The molecular weight excluding hydrogens is 404 g/mol. The molecule has 0 heterocycles. The Hall–Kier alpha value is -4.01. The number of hydrogen-bond acceptors (Lipinski definition) is 5. The van der Waals surface area contributed by atoms with Crippen LogP contribution in [0.2, 0.25) is 0 Å². The summed E-state index contributed by atoms with van der Waals surface area (Å²) in [6.45, 7) is 0. The minimum absolute atomic E-state index is 0.574. The van der Waals surface area contributed by atoms with Crippen LogP contribution >= 0.6 is 11.8 Å². The van der Waals surface area contributed by atoms with Gasteiger partial charge in [-0.2, -0.15) is 9.98 Å². The lowest BCUT2D eigenvalue weighted by atomic mass is 10.0. The summed E-state index contributed by atoms with van der Waals surface area (Å²) >= 11 is 1.60. The van der Waals surface area contributed by atoms with Crippen LogP contribution < -0.4 is 0 Å². The van der Waals surface area contributed by atoms with E-state index in [9.17, 15) is 9.59 Å². The van der Waals surface area contributed by atoms with Crippen molar-refractivity contribution in [3.63, 3.8) is 0 Å². The molecule has 5 heteroatoms. The van der Waals surface area contributed by atoms with Gasteiger partial charge in [-0.05, 0) is 35.4 Å². The predicted molar refractivity (Wildman–Crippen MR) is 123 cm³/mol. The Labute approximate surface area is 184 Å². The first-order valence-electron chi connectivity index (χ1n) is 9.52. The summed E-state index contributed by atoms with van der Waals surface area (Å²) < 4.78 is 0. The highest BCUT2D eigenvalue weighted by molar-refractivity contribution is 7.99. The van der Waals surface area contributed by atoms with Crippen LogP contribution in [0.25, 0.3) is 22.3 Å². The maximum absolute atomic E-state index is 10.9. The largest absolute Gasteiger partial charge is 0.240 e. The summed E-state index contributed by atoms with van der Waals surface area (Å²) in [5, 5.41) is 0. The first-order chi connectivity index (χ1) is 15.3. The van der Waals surface area contributed by atoms with Crippen LogP contribution in [0.15, 0.2) is 117 Å². The number of rotatable bonds is 6. The summed E-state index contributed by atoms with van der Waals surface area (Å²) in [6.07, 6.45) is 3.28. The van der Waals surface area contributed by atoms with Crippen LogP contribution in [0.1, 0.15) is 0 Å². The summed E-state index contributed by atoms with van der Waals surface area (Å²) in [4.78, 5) is 31.5. The molecule has 0 aliphatic rings. The number of benzene rings is 4.